The first-order valence-corrected chi connectivity index (χ1v) is 11.1. The lowest BCUT2D eigenvalue weighted by Gasteiger charge is -2.39. The number of likely N-dealkylation sites (tertiary alicyclic amines) is 1. The van der Waals surface area contributed by atoms with E-state index in [-0.39, 0.29) is 5.91 Å². The fourth-order valence-electron chi connectivity index (χ4n) is 3.93. The minimum atomic E-state index is -0.531. The first-order valence-electron chi connectivity index (χ1n) is 10.8. The van der Waals surface area contributed by atoms with E-state index in [2.05, 4.69) is 55.0 Å². The number of hydrazine groups is 1. The first-order chi connectivity index (χ1) is 15.0. The number of rotatable bonds is 10. The summed E-state index contributed by atoms with van der Waals surface area (Å²) >= 11 is 5.69. The maximum absolute atomic E-state index is 12.1. The number of carbonyl (C=O) groups is 1. The molecule has 0 atom stereocenters. The molecule has 3 N–H and O–H groups in total. The van der Waals surface area contributed by atoms with Gasteiger partial charge in [0, 0.05) is 19.0 Å². The van der Waals surface area contributed by atoms with Gasteiger partial charge in [-0.2, -0.15) is 0 Å². The maximum Gasteiger partial charge on any atom is 0.376 e. The van der Waals surface area contributed by atoms with Gasteiger partial charge in [-0.1, -0.05) is 41.9 Å². The van der Waals surface area contributed by atoms with Crippen molar-refractivity contribution in [3.05, 3.63) is 53.2 Å². The Bertz CT molecular complexity index is 803. The summed E-state index contributed by atoms with van der Waals surface area (Å²) in [6.07, 6.45) is 3.04. The highest BCUT2D eigenvalue weighted by Crippen LogP contribution is 2.20. The second-order valence-electron chi connectivity index (χ2n) is 7.88. The van der Waals surface area contributed by atoms with Crippen molar-refractivity contribution in [1.29, 1.82) is 0 Å². The van der Waals surface area contributed by atoms with E-state index in [0.717, 1.165) is 32.5 Å². The van der Waals surface area contributed by atoms with Crippen LogP contribution in [0.3, 0.4) is 0 Å². The molecule has 0 spiro atoms. The molecule has 31 heavy (non-hydrogen) atoms. The zero-order valence-electron chi connectivity index (χ0n) is 17.9. The van der Waals surface area contributed by atoms with Crippen LogP contribution in [-0.4, -0.2) is 63.6 Å². The number of aromatic nitrogens is 2. The van der Waals surface area contributed by atoms with Gasteiger partial charge in [0.05, 0.1) is 0 Å². The number of nitrogens with one attached hydrogen (secondary N) is 2. The summed E-state index contributed by atoms with van der Waals surface area (Å²) in [6, 6.07) is 14.1. The lowest BCUT2D eigenvalue weighted by Crippen LogP contribution is -2.50. The molecule has 8 nitrogen and oxygen atoms in total. The highest BCUT2D eigenvalue weighted by molar-refractivity contribution is 6.45. The van der Waals surface area contributed by atoms with E-state index in [0.29, 0.717) is 36.4 Å². The number of anilines is 1. The minimum absolute atomic E-state index is 0.139. The number of hydrogen-bond donors (Lipinski definition) is 3. The van der Waals surface area contributed by atoms with E-state index in [1.807, 2.05) is 6.07 Å². The molecule has 1 aliphatic rings. The molecule has 1 fully saturated rings. The van der Waals surface area contributed by atoms with E-state index < -0.39 is 7.05 Å². The Labute approximate surface area is 189 Å². The van der Waals surface area contributed by atoms with Gasteiger partial charge < -0.3 is 9.83 Å². The maximum atomic E-state index is 12.1. The quantitative estimate of drug-likeness (QED) is 0.383. The number of carbonyl (C=O) groups excluding carboxylic acids is 1. The summed E-state index contributed by atoms with van der Waals surface area (Å²) < 4.78 is 0. The van der Waals surface area contributed by atoms with Gasteiger partial charge in [-0.15, -0.1) is 10.2 Å². The zero-order chi connectivity index (χ0) is 22.1. The largest absolute Gasteiger partial charge is 0.437 e. The molecule has 1 aliphatic heterocycles. The molecule has 1 aromatic carbocycles. The van der Waals surface area contributed by atoms with Gasteiger partial charge in [0.25, 0.3) is 0 Å². The Morgan fingerprint density at radius 1 is 1.23 bits per heavy atom. The second kappa shape index (κ2) is 12.0. The third-order valence-corrected chi connectivity index (χ3v) is 5.74. The van der Waals surface area contributed by atoms with Crippen LogP contribution in [0.4, 0.5) is 5.82 Å². The van der Waals surface area contributed by atoms with Crippen molar-refractivity contribution < 1.29 is 9.82 Å². The predicted molar refractivity (Wildman–Crippen MR) is 123 cm³/mol. The summed E-state index contributed by atoms with van der Waals surface area (Å²) in [4.78, 5) is 16.7. The van der Waals surface area contributed by atoms with Crippen LogP contribution >= 0.6 is 11.6 Å². The fraction of sp³-hybridized carbons (Fsp3) is 0.476. The van der Waals surface area contributed by atoms with E-state index in [4.69, 9.17) is 11.6 Å². The molecule has 0 unspecified atom stereocenters. The Morgan fingerprint density at radius 3 is 2.61 bits per heavy atom. The van der Waals surface area contributed by atoms with Crippen molar-refractivity contribution in [1.82, 2.24) is 25.3 Å². The number of hydrogen-bond acceptors (Lipinski definition) is 7. The molecule has 1 aromatic heterocycles. The molecule has 10 heteroatoms. The molecule has 0 saturated carbocycles. The monoisotopic (exact) mass is 444 g/mol. The lowest BCUT2D eigenvalue weighted by atomic mass is 9.80. The minimum Gasteiger partial charge on any atom is -0.437 e. The number of benzene rings is 1. The molecule has 2 heterocycles. The molecule has 0 bridgehead atoms. The van der Waals surface area contributed by atoms with Crippen LogP contribution in [0.1, 0.15) is 31.2 Å². The molecule has 0 radical (unpaired) electrons. The summed E-state index contributed by atoms with van der Waals surface area (Å²) in [5, 5.41) is 18.1. The van der Waals surface area contributed by atoms with Gasteiger partial charge in [0.1, 0.15) is 0 Å². The Balaban J connectivity index is 1.37. The number of amides is 1. The van der Waals surface area contributed by atoms with Gasteiger partial charge in [-0.3, -0.25) is 20.5 Å². The van der Waals surface area contributed by atoms with Crippen molar-refractivity contribution in [2.45, 2.75) is 45.1 Å². The van der Waals surface area contributed by atoms with E-state index in [1.165, 1.54) is 5.56 Å². The average Bonchev–Trinajstić information content (AvgIpc) is 2.77. The van der Waals surface area contributed by atoms with Gasteiger partial charge in [0.2, 0.25) is 5.91 Å². The van der Waals surface area contributed by atoms with E-state index in [1.54, 1.807) is 19.0 Å². The van der Waals surface area contributed by atoms with Crippen LogP contribution < -0.4 is 10.9 Å². The van der Waals surface area contributed by atoms with Crippen molar-refractivity contribution in [2.24, 2.45) is 0 Å². The molecule has 3 rings (SSSR count). The van der Waals surface area contributed by atoms with Crippen molar-refractivity contribution in [2.75, 3.05) is 25.1 Å². The standard InChI is InChI=1S/C21H30BClN6O2/c1-22(31)29(13-5-8-21(30)27-26-20-10-9-19(23)24-25-20)18-11-14-28(15-12-18)16-17-6-3-2-4-7-17/h2-4,6-7,9-10,18,31H,5,8,11-16H2,1H3,(H,25,26)(H,27,30). The molecule has 2 aromatic rings. The number of piperidine rings is 1. The van der Waals surface area contributed by atoms with Crippen molar-refractivity contribution >= 4 is 30.4 Å². The summed E-state index contributed by atoms with van der Waals surface area (Å²) in [5.74, 6) is 0.283. The number of nitrogens with zero attached hydrogens (tertiary/aromatic N) is 4. The smallest absolute Gasteiger partial charge is 0.376 e. The van der Waals surface area contributed by atoms with Gasteiger partial charge in [0.15, 0.2) is 11.0 Å². The molecule has 0 aliphatic carbocycles. The van der Waals surface area contributed by atoms with Crippen LogP contribution in [0.15, 0.2) is 42.5 Å². The van der Waals surface area contributed by atoms with Crippen LogP contribution in [0.25, 0.3) is 0 Å². The van der Waals surface area contributed by atoms with E-state index in [9.17, 15) is 9.82 Å². The van der Waals surface area contributed by atoms with Crippen LogP contribution in [0.2, 0.25) is 12.0 Å². The summed E-state index contributed by atoms with van der Waals surface area (Å²) in [5.41, 5.74) is 6.66. The molecular weight excluding hydrogens is 415 g/mol. The van der Waals surface area contributed by atoms with Crippen LogP contribution in [0.5, 0.6) is 0 Å². The van der Waals surface area contributed by atoms with Crippen LogP contribution in [-0.2, 0) is 11.3 Å². The molecule has 1 saturated heterocycles. The molecule has 1 amide bonds. The molecule has 166 valence electrons. The average molecular weight is 445 g/mol. The van der Waals surface area contributed by atoms with E-state index >= 15 is 0 Å². The third kappa shape index (κ3) is 7.77. The fourth-order valence-corrected chi connectivity index (χ4v) is 4.03. The summed E-state index contributed by atoms with van der Waals surface area (Å²) in [6.45, 7) is 5.46. The van der Waals surface area contributed by atoms with Gasteiger partial charge in [-0.25, -0.2) is 0 Å². The van der Waals surface area contributed by atoms with Crippen LogP contribution in [0, 0.1) is 0 Å². The number of halogens is 1. The zero-order valence-corrected chi connectivity index (χ0v) is 18.6. The van der Waals surface area contributed by atoms with Crippen molar-refractivity contribution in [3.8, 4) is 0 Å². The highest BCUT2D eigenvalue weighted by atomic mass is 35.5. The lowest BCUT2D eigenvalue weighted by molar-refractivity contribution is -0.120. The normalized spacial score (nSPS) is 15.1. The third-order valence-electron chi connectivity index (χ3n) is 5.54. The Morgan fingerprint density at radius 2 is 1.97 bits per heavy atom. The molecular formula is C21H30BClN6O2. The Hall–Kier alpha value is -2.20. The SMILES string of the molecule is CB(O)N(CCCC(=O)NNc1ccc(Cl)nn1)C1CCN(Cc2ccccc2)CC1. The first kappa shape index (κ1) is 23.5. The topological polar surface area (TPSA) is 93.6 Å². The second-order valence-corrected chi connectivity index (χ2v) is 8.27. The van der Waals surface area contributed by atoms with Gasteiger partial charge in [-0.05, 0) is 63.4 Å². The van der Waals surface area contributed by atoms with Gasteiger partial charge >= 0.3 is 7.05 Å². The Kier molecular flexibility index (Phi) is 9.08. The highest BCUT2D eigenvalue weighted by Gasteiger charge is 2.28. The summed E-state index contributed by atoms with van der Waals surface area (Å²) in [7, 11) is -0.531. The van der Waals surface area contributed by atoms with Crippen molar-refractivity contribution in [3.63, 3.8) is 0 Å². The predicted octanol–water partition coefficient (Wildman–Crippen LogP) is 2.43.